The summed E-state index contributed by atoms with van der Waals surface area (Å²) < 4.78 is 5.06. The Morgan fingerprint density at radius 2 is 1.95 bits per heavy atom. The molecule has 1 amide bonds. The van der Waals surface area contributed by atoms with Gasteiger partial charge in [0.1, 0.15) is 0 Å². The topological polar surface area (TPSA) is 105 Å². The van der Waals surface area contributed by atoms with Gasteiger partial charge in [0.05, 0.1) is 5.92 Å². The van der Waals surface area contributed by atoms with Crippen molar-refractivity contribution in [1.29, 1.82) is 0 Å². The number of nitrogens with one attached hydrogen (secondary N) is 1. The van der Waals surface area contributed by atoms with E-state index < -0.39 is 11.9 Å². The maximum Gasteiger partial charge on any atom is 0.308 e. The molecule has 0 saturated carbocycles. The number of rotatable bonds is 9. The third-order valence-electron chi connectivity index (χ3n) is 3.22. The summed E-state index contributed by atoms with van der Waals surface area (Å²) in [5.41, 5.74) is 0. The van der Waals surface area contributed by atoms with E-state index in [1.807, 2.05) is 27.7 Å². The van der Waals surface area contributed by atoms with Gasteiger partial charge in [0.2, 0.25) is 11.8 Å². The highest BCUT2D eigenvalue weighted by atomic mass is 16.5. The minimum Gasteiger partial charge on any atom is -0.481 e. The number of aryl methyl sites for hydroxylation is 1. The van der Waals surface area contributed by atoms with Crippen LogP contribution in [0.15, 0.2) is 4.52 Å². The van der Waals surface area contributed by atoms with Gasteiger partial charge in [0.15, 0.2) is 5.82 Å². The van der Waals surface area contributed by atoms with Gasteiger partial charge in [0, 0.05) is 25.3 Å². The number of carbonyl (C=O) groups excluding carboxylic acids is 1. The van der Waals surface area contributed by atoms with Crippen molar-refractivity contribution in [3.63, 3.8) is 0 Å². The van der Waals surface area contributed by atoms with E-state index in [4.69, 9.17) is 9.63 Å². The van der Waals surface area contributed by atoms with Crippen molar-refractivity contribution in [3.05, 3.63) is 11.7 Å². The van der Waals surface area contributed by atoms with E-state index in [-0.39, 0.29) is 30.7 Å². The summed E-state index contributed by atoms with van der Waals surface area (Å²) in [4.78, 5) is 27.1. The van der Waals surface area contributed by atoms with Gasteiger partial charge in [0.25, 0.3) is 0 Å². The molecule has 2 N–H and O–H groups in total. The summed E-state index contributed by atoms with van der Waals surface area (Å²) in [6.07, 6.45) is 1.10. The lowest BCUT2D eigenvalue weighted by Gasteiger charge is -2.15. The molecule has 0 aromatic carbocycles. The van der Waals surface area contributed by atoms with Crippen LogP contribution < -0.4 is 5.32 Å². The molecule has 0 aliphatic rings. The van der Waals surface area contributed by atoms with E-state index in [9.17, 15) is 9.59 Å². The highest BCUT2D eigenvalue weighted by molar-refractivity contribution is 5.77. The first-order chi connectivity index (χ1) is 10.3. The van der Waals surface area contributed by atoms with Crippen LogP contribution in [-0.2, 0) is 16.0 Å². The Balaban J connectivity index is 2.37. The van der Waals surface area contributed by atoms with Gasteiger partial charge in [-0.15, -0.1) is 0 Å². The van der Waals surface area contributed by atoms with Crippen molar-refractivity contribution >= 4 is 11.9 Å². The predicted molar refractivity (Wildman–Crippen MR) is 80.3 cm³/mol. The van der Waals surface area contributed by atoms with Gasteiger partial charge < -0.3 is 14.9 Å². The van der Waals surface area contributed by atoms with Gasteiger partial charge in [-0.2, -0.15) is 4.98 Å². The number of amides is 1. The zero-order valence-electron chi connectivity index (χ0n) is 13.6. The SMILES string of the molecule is CC(C)CC(CNC(=O)CCc1nc(C(C)C)no1)C(=O)O. The summed E-state index contributed by atoms with van der Waals surface area (Å²) in [5.74, 6) is -0.148. The molecule has 0 fully saturated rings. The molecule has 1 unspecified atom stereocenters. The van der Waals surface area contributed by atoms with Crippen molar-refractivity contribution in [2.24, 2.45) is 11.8 Å². The Kier molecular flexibility index (Phi) is 7.01. The van der Waals surface area contributed by atoms with Crippen molar-refractivity contribution in [3.8, 4) is 0 Å². The molecule has 0 bridgehead atoms. The van der Waals surface area contributed by atoms with Crippen LogP contribution in [0.3, 0.4) is 0 Å². The second-order valence-electron chi connectivity index (χ2n) is 6.17. The van der Waals surface area contributed by atoms with Gasteiger partial charge in [-0.25, -0.2) is 0 Å². The molecule has 7 nitrogen and oxygen atoms in total. The lowest BCUT2D eigenvalue weighted by Crippen LogP contribution is -2.33. The van der Waals surface area contributed by atoms with Crippen molar-refractivity contribution in [1.82, 2.24) is 15.5 Å². The summed E-state index contributed by atoms with van der Waals surface area (Å²) in [5, 5.41) is 15.6. The van der Waals surface area contributed by atoms with Gasteiger partial charge in [-0.1, -0.05) is 32.9 Å². The van der Waals surface area contributed by atoms with Crippen molar-refractivity contribution in [2.45, 2.75) is 52.9 Å². The summed E-state index contributed by atoms with van der Waals surface area (Å²) in [6.45, 7) is 7.98. The van der Waals surface area contributed by atoms with E-state index >= 15 is 0 Å². The second-order valence-corrected chi connectivity index (χ2v) is 6.17. The van der Waals surface area contributed by atoms with Crippen LogP contribution in [0, 0.1) is 11.8 Å². The molecule has 0 radical (unpaired) electrons. The van der Waals surface area contributed by atoms with Crippen LogP contribution in [-0.4, -0.2) is 33.7 Å². The molecule has 0 spiro atoms. The molecule has 1 rings (SSSR count). The van der Waals surface area contributed by atoms with E-state index in [0.29, 0.717) is 24.6 Å². The molecule has 124 valence electrons. The molecular weight excluding hydrogens is 286 g/mol. The first kappa shape index (κ1) is 18.1. The maximum absolute atomic E-state index is 11.8. The average molecular weight is 311 g/mol. The van der Waals surface area contributed by atoms with Crippen LogP contribution in [0.2, 0.25) is 0 Å². The van der Waals surface area contributed by atoms with E-state index in [0.717, 1.165) is 0 Å². The number of aliphatic carboxylic acids is 1. The molecule has 0 saturated heterocycles. The maximum atomic E-state index is 11.8. The third-order valence-corrected chi connectivity index (χ3v) is 3.22. The zero-order valence-corrected chi connectivity index (χ0v) is 13.6. The molecule has 1 atom stereocenters. The highest BCUT2D eigenvalue weighted by Gasteiger charge is 2.20. The molecule has 1 heterocycles. The smallest absolute Gasteiger partial charge is 0.308 e. The summed E-state index contributed by atoms with van der Waals surface area (Å²) >= 11 is 0. The van der Waals surface area contributed by atoms with Crippen LogP contribution in [0.1, 0.15) is 58.2 Å². The Labute approximate surface area is 130 Å². The number of aromatic nitrogens is 2. The van der Waals surface area contributed by atoms with E-state index in [2.05, 4.69) is 15.5 Å². The van der Waals surface area contributed by atoms with Crippen LogP contribution >= 0.6 is 0 Å². The van der Waals surface area contributed by atoms with Gasteiger partial charge >= 0.3 is 5.97 Å². The Morgan fingerprint density at radius 1 is 1.27 bits per heavy atom. The fourth-order valence-corrected chi connectivity index (χ4v) is 1.99. The minimum atomic E-state index is -0.882. The molecular formula is C15H25N3O4. The summed E-state index contributed by atoms with van der Waals surface area (Å²) in [6, 6.07) is 0. The number of nitrogens with zero attached hydrogens (tertiary/aromatic N) is 2. The Hall–Kier alpha value is -1.92. The molecule has 0 aliphatic heterocycles. The van der Waals surface area contributed by atoms with Crippen LogP contribution in [0.4, 0.5) is 0 Å². The normalized spacial score (nSPS) is 12.6. The fraction of sp³-hybridized carbons (Fsp3) is 0.733. The second kappa shape index (κ2) is 8.51. The first-order valence-electron chi connectivity index (χ1n) is 7.61. The number of hydrogen-bond acceptors (Lipinski definition) is 5. The minimum absolute atomic E-state index is 0.146. The van der Waals surface area contributed by atoms with Crippen LogP contribution in [0.5, 0.6) is 0 Å². The standard InChI is InChI=1S/C15H25N3O4/c1-9(2)7-11(15(20)21)8-16-12(19)5-6-13-17-14(10(3)4)18-22-13/h9-11H,5-8H2,1-4H3,(H,16,19)(H,20,21). The zero-order chi connectivity index (χ0) is 16.7. The quantitative estimate of drug-likeness (QED) is 0.722. The third kappa shape index (κ3) is 6.24. The molecule has 1 aromatic heterocycles. The van der Waals surface area contributed by atoms with E-state index in [1.54, 1.807) is 0 Å². The molecule has 0 aliphatic carbocycles. The number of carboxylic acid groups (broad SMARTS) is 1. The molecule has 1 aromatic rings. The lowest BCUT2D eigenvalue weighted by molar-refractivity contribution is -0.142. The van der Waals surface area contributed by atoms with Crippen molar-refractivity contribution < 1.29 is 19.2 Å². The number of hydrogen-bond donors (Lipinski definition) is 2. The molecule has 7 heteroatoms. The van der Waals surface area contributed by atoms with Crippen LogP contribution in [0.25, 0.3) is 0 Å². The predicted octanol–water partition coefficient (Wildman–Crippen LogP) is 1.99. The van der Waals surface area contributed by atoms with E-state index in [1.165, 1.54) is 0 Å². The van der Waals surface area contributed by atoms with Crippen molar-refractivity contribution in [2.75, 3.05) is 6.54 Å². The monoisotopic (exact) mass is 311 g/mol. The average Bonchev–Trinajstić information content (AvgIpc) is 2.89. The highest BCUT2D eigenvalue weighted by Crippen LogP contribution is 2.12. The lowest BCUT2D eigenvalue weighted by atomic mass is 9.97. The Morgan fingerprint density at radius 3 is 2.45 bits per heavy atom. The number of carboxylic acids is 1. The first-order valence-corrected chi connectivity index (χ1v) is 7.61. The summed E-state index contributed by atoms with van der Waals surface area (Å²) in [7, 11) is 0. The Bertz CT molecular complexity index is 497. The van der Waals surface area contributed by atoms with Gasteiger partial charge in [-0.3, -0.25) is 9.59 Å². The number of carbonyl (C=O) groups is 2. The van der Waals surface area contributed by atoms with Gasteiger partial charge in [-0.05, 0) is 12.3 Å². The molecule has 22 heavy (non-hydrogen) atoms. The largest absolute Gasteiger partial charge is 0.481 e. The fourth-order valence-electron chi connectivity index (χ4n) is 1.99.